The van der Waals surface area contributed by atoms with Crippen molar-refractivity contribution in [3.05, 3.63) is 34.7 Å². The van der Waals surface area contributed by atoms with Crippen LogP contribution in [0.4, 0.5) is 5.13 Å². The maximum Gasteiger partial charge on any atom is 0.192 e. The Labute approximate surface area is 141 Å². The minimum Gasteiger partial charge on any atom is -0.464 e. The summed E-state index contributed by atoms with van der Waals surface area (Å²) in [6, 6.07) is 4.00. The molecule has 2 aromatic heterocycles. The third kappa shape index (κ3) is 4.99. The Morgan fingerprint density at radius 3 is 2.78 bits per heavy atom. The molecule has 0 aliphatic carbocycles. The van der Waals surface area contributed by atoms with Crippen LogP contribution >= 0.6 is 11.3 Å². The summed E-state index contributed by atoms with van der Waals surface area (Å²) in [5.74, 6) is 2.57. The second-order valence-corrected chi connectivity index (χ2v) is 6.36. The maximum absolute atomic E-state index is 5.66. The van der Waals surface area contributed by atoms with Crippen molar-refractivity contribution in [2.45, 2.75) is 33.4 Å². The number of guanidine groups is 1. The molecular weight excluding hydrogens is 310 g/mol. The fourth-order valence-electron chi connectivity index (χ4n) is 2.02. The van der Waals surface area contributed by atoms with E-state index in [-0.39, 0.29) is 6.04 Å². The number of nitrogens with zero attached hydrogens (tertiary/aromatic N) is 3. The van der Waals surface area contributed by atoms with E-state index in [1.54, 1.807) is 11.3 Å². The zero-order chi connectivity index (χ0) is 16.8. The standard InChI is InChI=1S/C16H25N5OS/c1-6-17-15(19-12(3)14-8-7-11(2)22-14)18-9-13-10-23-16(20-13)21(4)5/h7-8,10,12H,6,9H2,1-5H3,(H2,17,18,19). The normalized spacial score (nSPS) is 13.0. The first-order valence-corrected chi connectivity index (χ1v) is 8.60. The fraction of sp³-hybridized carbons (Fsp3) is 0.500. The van der Waals surface area contributed by atoms with Gasteiger partial charge in [-0.25, -0.2) is 9.98 Å². The highest BCUT2D eigenvalue weighted by Crippen LogP contribution is 2.18. The fourth-order valence-corrected chi connectivity index (χ4v) is 2.77. The molecule has 0 saturated heterocycles. The molecule has 7 heteroatoms. The van der Waals surface area contributed by atoms with E-state index in [2.05, 4.69) is 27.5 Å². The zero-order valence-corrected chi connectivity index (χ0v) is 15.2. The molecular formula is C16H25N5OS. The number of anilines is 1. The van der Waals surface area contributed by atoms with Crippen molar-refractivity contribution in [3.8, 4) is 0 Å². The largest absolute Gasteiger partial charge is 0.464 e. The minimum absolute atomic E-state index is 0.0503. The average Bonchev–Trinajstić information content (AvgIpc) is 3.14. The van der Waals surface area contributed by atoms with Crippen molar-refractivity contribution >= 4 is 22.4 Å². The molecule has 0 aliphatic heterocycles. The van der Waals surface area contributed by atoms with Gasteiger partial charge in [0.15, 0.2) is 11.1 Å². The van der Waals surface area contributed by atoms with E-state index in [9.17, 15) is 0 Å². The third-order valence-corrected chi connectivity index (χ3v) is 4.26. The molecule has 0 saturated carbocycles. The number of aryl methyl sites for hydroxylation is 1. The lowest BCUT2D eigenvalue weighted by molar-refractivity contribution is 0.441. The average molecular weight is 335 g/mol. The van der Waals surface area contributed by atoms with Crippen LogP contribution in [0, 0.1) is 6.92 Å². The van der Waals surface area contributed by atoms with E-state index in [4.69, 9.17) is 4.42 Å². The topological polar surface area (TPSA) is 65.7 Å². The van der Waals surface area contributed by atoms with E-state index in [0.717, 1.165) is 34.9 Å². The third-order valence-electron chi connectivity index (χ3n) is 3.21. The predicted molar refractivity (Wildman–Crippen MR) is 96.3 cm³/mol. The molecule has 2 aromatic rings. The Balaban J connectivity index is 2.01. The molecule has 23 heavy (non-hydrogen) atoms. The van der Waals surface area contributed by atoms with Crippen molar-refractivity contribution < 1.29 is 4.42 Å². The van der Waals surface area contributed by atoms with Crippen LogP contribution < -0.4 is 15.5 Å². The van der Waals surface area contributed by atoms with Crippen LogP contribution in [-0.2, 0) is 6.54 Å². The quantitative estimate of drug-likeness (QED) is 0.628. The van der Waals surface area contributed by atoms with Gasteiger partial charge in [0.25, 0.3) is 0 Å². The second kappa shape index (κ2) is 8.01. The van der Waals surface area contributed by atoms with Gasteiger partial charge in [0, 0.05) is 26.0 Å². The lowest BCUT2D eigenvalue weighted by atomic mass is 10.2. The molecule has 2 rings (SSSR count). The monoisotopic (exact) mass is 335 g/mol. The summed E-state index contributed by atoms with van der Waals surface area (Å²) in [5.41, 5.74) is 0.970. The van der Waals surface area contributed by atoms with Crippen molar-refractivity contribution in [1.29, 1.82) is 0 Å². The Kier molecular flexibility index (Phi) is 6.04. The first-order valence-electron chi connectivity index (χ1n) is 7.72. The van der Waals surface area contributed by atoms with E-state index in [0.29, 0.717) is 6.54 Å². The molecule has 0 aliphatic rings. The van der Waals surface area contributed by atoms with Gasteiger partial charge in [-0.15, -0.1) is 11.3 Å². The highest BCUT2D eigenvalue weighted by atomic mass is 32.1. The van der Waals surface area contributed by atoms with Crippen LogP contribution in [0.2, 0.25) is 0 Å². The van der Waals surface area contributed by atoms with E-state index in [1.807, 2.05) is 50.4 Å². The number of aromatic nitrogens is 1. The van der Waals surface area contributed by atoms with Crippen LogP contribution in [0.15, 0.2) is 26.9 Å². The summed E-state index contributed by atoms with van der Waals surface area (Å²) in [6.07, 6.45) is 0. The first kappa shape index (κ1) is 17.3. The number of nitrogens with one attached hydrogen (secondary N) is 2. The van der Waals surface area contributed by atoms with Crippen LogP contribution in [0.25, 0.3) is 0 Å². The smallest absolute Gasteiger partial charge is 0.192 e. The highest BCUT2D eigenvalue weighted by Gasteiger charge is 2.11. The summed E-state index contributed by atoms with van der Waals surface area (Å²) in [7, 11) is 3.98. The molecule has 2 N–H and O–H groups in total. The number of aliphatic imine (C=N–C) groups is 1. The Morgan fingerprint density at radius 2 is 2.22 bits per heavy atom. The van der Waals surface area contributed by atoms with Crippen molar-refractivity contribution in [3.63, 3.8) is 0 Å². The maximum atomic E-state index is 5.66. The highest BCUT2D eigenvalue weighted by molar-refractivity contribution is 7.13. The van der Waals surface area contributed by atoms with Crippen molar-refractivity contribution in [2.75, 3.05) is 25.5 Å². The van der Waals surface area contributed by atoms with Gasteiger partial charge in [0.1, 0.15) is 11.5 Å². The van der Waals surface area contributed by atoms with Gasteiger partial charge in [0.2, 0.25) is 0 Å². The summed E-state index contributed by atoms with van der Waals surface area (Å²) < 4.78 is 5.66. The van der Waals surface area contributed by atoms with E-state index < -0.39 is 0 Å². The summed E-state index contributed by atoms with van der Waals surface area (Å²) in [5, 5.41) is 9.65. The van der Waals surface area contributed by atoms with Gasteiger partial charge >= 0.3 is 0 Å². The summed E-state index contributed by atoms with van der Waals surface area (Å²) >= 11 is 1.63. The Bertz CT molecular complexity index is 646. The number of hydrogen-bond acceptors (Lipinski definition) is 5. The number of rotatable bonds is 6. The molecule has 1 atom stereocenters. The molecule has 0 spiro atoms. The van der Waals surface area contributed by atoms with Crippen LogP contribution in [0.3, 0.4) is 0 Å². The van der Waals surface area contributed by atoms with E-state index >= 15 is 0 Å². The number of hydrogen-bond donors (Lipinski definition) is 2. The lowest BCUT2D eigenvalue weighted by Crippen LogP contribution is -2.38. The first-order chi connectivity index (χ1) is 11.0. The molecule has 126 valence electrons. The molecule has 1 unspecified atom stereocenters. The molecule has 0 aromatic carbocycles. The van der Waals surface area contributed by atoms with Gasteiger partial charge in [-0.1, -0.05) is 0 Å². The molecule has 0 fully saturated rings. The molecule has 0 radical (unpaired) electrons. The number of furan rings is 1. The zero-order valence-electron chi connectivity index (χ0n) is 14.4. The van der Waals surface area contributed by atoms with Crippen molar-refractivity contribution in [2.24, 2.45) is 4.99 Å². The molecule has 0 amide bonds. The lowest BCUT2D eigenvalue weighted by Gasteiger charge is -2.16. The second-order valence-electron chi connectivity index (χ2n) is 5.53. The molecule has 6 nitrogen and oxygen atoms in total. The van der Waals surface area contributed by atoms with Gasteiger partial charge in [0.05, 0.1) is 18.3 Å². The van der Waals surface area contributed by atoms with Crippen LogP contribution in [0.5, 0.6) is 0 Å². The Morgan fingerprint density at radius 1 is 1.43 bits per heavy atom. The molecule has 2 heterocycles. The van der Waals surface area contributed by atoms with Crippen molar-refractivity contribution in [1.82, 2.24) is 15.6 Å². The SMILES string of the molecule is CCNC(=NCc1csc(N(C)C)n1)NC(C)c1ccc(C)o1. The van der Waals surface area contributed by atoms with Crippen LogP contribution in [0.1, 0.15) is 37.1 Å². The molecule has 0 bridgehead atoms. The predicted octanol–water partition coefficient (Wildman–Crippen LogP) is 2.93. The van der Waals surface area contributed by atoms with Crippen LogP contribution in [-0.4, -0.2) is 31.6 Å². The summed E-state index contributed by atoms with van der Waals surface area (Å²) in [4.78, 5) is 11.2. The minimum atomic E-state index is 0.0503. The van der Waals surface area contributed by atoms with Gasteiger partial charge in [-0.3, -0.25) is 0 Å². The van der Waals surface area contributed by atoms with Gasteiger partial charge < -0.3 is 20.0 Å². The summed E-state index contributed by atoms with van der Waals surface area (Å²) in [6.45, 7) is 7.39. The van der Waals surface area contributed by atoms with Gasteiger partial charge in [-0.05, 0) is 32.9 Å². The van der Waals surface area contributed by atoms with Gasteiger partial charge in [-0.2, -0.15) is 0 Å². The Hall–Kier alpha value is -2.02. The van der Waals surface area contributed by atoms with E-state index in [1.165, 1.54) is 0 Å². The number of thiazole rings is 1.